The summed E-state index contributed by atoms with van der Waals surface area (Å²) in [6.07, 6.45) is 78.7. The summed E-state index contributed by atoms with van der Waals surface area (Å²) in [6, 6.07) is 0. The number of ether oxygens (including phenoxy) is 3. The van der Waals surface area contributed by atoms with Crippen molar-refractivity contribution in [3.05, 3.63) is 134 Å². The SMILES string of the molecule is CC/C=C\C/C=C\C/C=C\C/C=C\C/C=C\C/C=C\CCC(=O)O[C@H](COC(=O)CCCCCC/C=C\C/C=C\C/C=C\CCCCC)COC(=O)CCCCCCC/C=C\C/C=C\CCCCC. The van der Waals surface area contributed by atoms with Gasteiger partial charge in [0.15, 0.2) is 6.10 Å². The highest BCUT2D eigenvalue weighted by molar-refractivity contribution is 5.71. The summed E-state index contributed by atoms with van der Waals surface area (Å²) >= 11 is 0. The van der Waals surface area contributed by atoms with Crippen molar-refractivity contribution in [2.75, 3.05) is 13.2 Å². The first-order valence-electron chi connectivity index (χ1n) is 27.7. The van der Waals surface area contributed by atoms with Crippen molar-refractivity contribution in [2.45, 2.75) is 232 Å². The molecule has 0 aliphatic heterocycles. The van der Waals surface area contributed by atoms with Crippen molar-refractivity contribution in [1.82, 2.24) is 0 Å². The summed E-state index contributed by atoms with van der Waals surface area (Å²) in [5, 5.41) is 0. The zero-order valence-electron chi connectivity index (χ0n) is 44.3. The third-order valence-electron chi connectivity index (χ3n) is 11.1. The molecule has 0 N–H and O–H groups in total. The lowest BCUT2D eigenvalue weighted by Crippen LogP contribution is -2.30. The molecule has 1 atom stereocenters. The molecular formula is C63H100O6. The van der Waals surface area contributed by atoms with E-state index in [-0.39, 0.29) is 31.6 Å². The molecule has 0 bridgehead atoms. The first-order chi connectivity index (χ1) is 34.0. The van der Waals surface area contributed by atoms with Gasteiger partial charge < -0.3 is 14.2 Å². The van der Waals surface area contributed by atoms with E-state index in [0.717, 1.165) is 128 Å². The van der Waals surface area contributed by atoms with Gasteiger partial charge in [-0.3, -0.25) is 14.4 Å². The van der Waals surface area contributed by atoms with Gasteiger partial charge in [-0.15, -0.1) is 0 Å². The molecule has 0 heterocycles. The average Bonchev–Trinajstić information content (AvgIpc) is 3.35. The van der Waals surface area contributed by atoms with Crippen LogP contribution in [0.1, 0.15) is 226 Å². The topological polar surface area (TPSA) is 78.9 Å². The Balaban J connectivity index is 4.60. The molecule has 0 aromatic rings. The molecule has 6 heteroatoms. The van der Waals surface area contributed by atoms with Gasteiger partial charge in [-0.2, -0.15) is 0 Å². The highest BCUT2D eigenvalue weighted by Gasteiger charge is 2.19. The molecule has 0 spiro atoms. The van der Waals surface area contributed by atoms with Gasteiger partial charge >= 0.3 is 17.9 Å². The van der Waals surface area contributed by atoms with Crippen LogP contribution in [0.3, 0.4) is 0 Å². The quantitative estimate of drug-likeness (QED) is 0.0262. The van der Waals surface area contributed by atoms with Crippen LogP contribution in [-0.4, -0.2) is 37.2 Å². The normalized spacial score (nSPS) is 13.1. The number of unbranched alkanes of at least 4 members (excludes halogenated alkanes) is 15. The smallest absolute Gasteiger partial charge is 0.306 e. The molecule has 0 aliphatic rings. The number of rotatable bonds is 48. The lowest BCUT2D eigenvalue weighted by atomic mass is 10.1. The van der Waals surface area contributed by atoms with E-state index in [1.54, 1.807) is 0 Å². The molecule has 69 heavy (non-hydrogen) atoms. The second-order valence-corrected chi connectivity index (χ2v) is 17.7. The van der Waals surface area contributed by atoms with Gasteiger partial charge in [0.05, 0.1) is 0 Å². The fraction of sp³-hybridized carbons (Fsp3) is 0.603. The summed E-state index contributed by atoms with van der Waals surface area (Å²) in [5.41, 5.74) is 0. The molecule has 0 saturated heterocycles. The van der Waals surface area contributed by atoms with Crippen LogP contribution in [0.4, 0.5) is 0 Å². The predicted molar refractivity (Wildman–Crippen MR) is 297 cm³/mol. The monoisotopic (exact) mass is 953 g/mol. The maximum Gasteiger partial charge on any atom is 0.306 e. The van der Waals surface area contributed by atoms with Gasteiger partial charge in [0.25, 0.3) is 0 Å². The van der Waals surface area contributed by atoms with Crippen LogP contribution in [0.25, 0.3) is 0 Å². The molecule has 0 unspecified atom stereocenters. The lowest BCUT2D eigenvalue weighted by molar-refractivity contribution is -0.166. The molecule has 0 saturated carbocycles. The first-order valence-corrected chi connectivity index (χ1v) is 27.7. The second-order valence-electron chi connectivity index (χ2n) is 17.7. The van der Waals surface area contributed by atoms with Crippen LogP contribution in [0.5, 0.6) is 0 Å². The Morgan fingerprint density at radius 2 is 0.594 bits per heavy atom. The largest absolute Gasteiger partial charge is 0.462 e. The molecule has 388 valence electrons. The fourth-order valence-electron chi connectivity index (χ4n) is 6.97. The fourth-order valence-corrected chi connectivity index (χ4v) is 6.97. The maximum absolute atomic E-state index is 12.8. The van der Waals surface area contributed by atoms with E-state index in [4.69, 9.17) is 14.2 Å². The van der Waals surface area contributed by atoms with Gasteiger partial charge in [-0.05, 0) is 128 Å². The van der Waals surface area contributed by atoms with Gasteiger partial charge in [0.1, 0.15) is 13.2 Å². The van der Waals surface area contributed by atoms with Crippen LogP contribution in [-0.2, 0) is 28.6 Å². The van der Waals surface area contributed by atoms with Crippen molar-refractivity contribution in [3.63, 3.8) is 0 Å². The van der Waals surface area contributed by atoms with Gasteiger partial charge in [-0.1, -0.05) is 212 Å². The summed E-state index contributed by atoms with van der Waals surface area (Å²) in [4.78, 5) is 38.1. The number of allylic oxidation sites excluding steroid dienone is 22. The van der Waals surface area contributed by atoms with E-state index >= 15 is 0 Å². The van der Waals surface area contributed by atoms with E-state index in [1.165, 1.54) is 51.4 Å². The van der Waals surface area contributed by atoms with Gasteiger partial charge in [0.2, 0.25) is 0 Å². The van der Waals surface area contributed by atoms with E-state index in [1.807, 2.05) is 12.2 Å². The van der Waals surface area contributed by atoms with Crippen molar-refractivity contribution < 1.29 is 28.6 Å². The molecule has 0 aromatic carbocycles. The summed E-state index contributed by atoms with van der Waals surface area (Å²) in [5.74, 6) is -1.05. The summed E-state index contributed by atoms with van der Waals surface area (Å²) in [7, 11) is 0. The lowest BCUT2D eigenvalue weighted by Gasteiger charge is -2.18. The third-order valence-corrected chi connectivity index (χ3v) is 11.1. The van der Waals surface area contributed by atoms with Crippen molar-refractivity contribution >= 4 is 17.9 Å². The number of carbonyl (C=O) groups is 3. The van der Waals surface area contributed by atoms with Crippen molar-refractivity contribution in [1.29, 1.82) is 0 Å². The summed E-state index contributed by atoms with van der Waals surface area (Å²) < 4.78 is 16.7. The first kappa shape index (κ1) is 64.5. The minimum atomic E-state index is -0.839. The van der Waals surface area contributed by atoms with E-state index in [9.17, 15) is 14.4 Å². The predicted octanol–water partition coefficient (Wildman–Crippen LogP) is 18.6. The minimum absolute atomic E-state index is 0.127. The van der Waals surface area contributed by atoms with Crippen molar-refractivity contribution in [2.24, 2.45) is 0 Å². The molecule has 0 radical (unpaired) electrons. The van der Waals surface area contributed by atoms with Crippen LogP contribution in [0.15, 0.2) is 134 Å². The Morgan fingerprint density at radius 3 is 0.942 bits per heavy atom. The maximum atomic E-state index is 12.8. The minimum Gasteiger partial charge on any atom is -0.462 e. The van der Waals surface area contributed by atoms with Gasteiger partial charge in [-0.25, -0.2) is 0 Å². The highest BCUT2D eigenvalue weighted by atomic mass is 16.6. The average molecular weight is 953 g/mol. The molecule has 0 aromatic heterocycles. The Morgan fingerprint density at radius 1 is 0.304 bits per heavy atom. The molecule has 6 nitrogen and oxygen atoms in total. The Labute approximate surface area is 424 Å². The zero-order valence-corrected chi connectivity index (χ0v) is 44.3. The van der Waals surface area contributed by atoms with Crippen LogP contribution in [0, 0.1) is 0 Å². The van der Waals surface area contributed by atoms with Gasteiger partial charge in [0, 0.05) is 19.3 Å². The number of esters is 3. The highest BCUT2D eigenvalue weighted by Crippen LogP contribution is 2.12. The second kappa shape index (κ2) is 56.1. The number of hydrogen-bond donors (Lipinski definition) is 0. The molecule has 0 rings (SSSR count). The van der Waals surface area contributed by atoms with Crippen LogP contribution < -0.4 is 0 Å². The standard InChI is InChI=1S/C63H100O6/c1-4-7-10-13-16-19-22-25-28-30-31-33-36-39-42-45-48-51-54-57-63(66)69-60(58-67-61(64)55-52-49-46-43-40-37-34-27-24-21-18-15-12-9-6-3)59-68-62(65)56-53-50-47-44-41-38-35-32-29-26-23-20-17-14-11-8-5-2/h7,10,16-21,25-29,31,33-35,38-39,42,48,51,60H,4-6,8-9,11-15,22-24,30,32,36-37,40-41,43-47,49-50,52-59H2,1-3H3/b10-7-,19-16-,20-17-,21-18-,28-25-,29-26-,33-31-,34-27-,38-35-,42-39-,51-48-/t60-/m0/s1. The molecule has 0 fully saturated rings. The van der Waals surface area contributed by atoms with Crippen LogP contribution in [0.2, 0.25) is 0 Å². The number of hydrogen-bond acceptors (Lipinski definition) is 6. The van der Waals surface area contributed by atoms with E-state index < -0.39 is 12.1 Å². The van der Waals surface area contributed by atoms with Crippen LogP contribution >= 0.6 is 0 Å². The Hall–Kier alpha value is -4.45. The molecule has 0 amide bonds. The Bertz CT molecular complexity index is 1510. The summed E-state index contributed by atoms with van der Waals surface area (Å²) in [6.45, 7) is 6.36. The molecule has 0 aliphatic carbocycles. The molecular weight excluding hydrogens is 853 g/mol. The zero-order chi connectivity index (χ0) is 50.0. The number of carbonyl (C=O) groups excluding carboxylic acids is 3. The Kier molecular flexibility index (Phi) is 52.5. The van der Waals surface area contributed by atoms with E-state index in [0.29, 0.717) is 19.3 Å². The van der Waals surface area contributed by atoms with Crippen molar-refractivity contribution in [3.8, 4) is 0 Å². The van der Waals surface area contributed by atoms with E-state index in [2.05, 4.69) is 142 Å². The third kappa shape index (κ3) is 54.4.